The molecule has 1 aromatic carbocycles. The summed E-state index contributed by atoms with van der Waals surface area (Å²) in [5, 5.41) is 2.70. The van der Waals surface area contributed by atoms with E-state index in [0.29, 0.717) is 23.4 Å². The summed E-state index contributed by atoms with van der Waals surface area (Å²) in [6, 6.07) is 7.40. The lowest BCUT2D eigenvalue weighted by molar-refractivity contribution is -0.137. The first kappa shape index (κ1) is 18.5. The van der Waals surface area contributed by atoms with Crippen molar-refractivity contribution in [3.63, 3.8) is 0 Å². The van der Waals surface area contributed by atoms with E-state index in [1.54, 1.807) is 12.1 Å². The van der Waals surface area contributed by atoms with Crippen molar-refractivity contribution in [3.8, 4) is 0 Å². The summed E-state index contributed by atoms with van der Waals surface area (Å²) in [7, 11) is 1.47. The van der Waals surface area contributed by atoms with E-state index < -0.39 is 17.6 Å². The van der Waals surface area contributed by atoms with Crippen LogP contribution < -0.4 is 5.32 Å². The molecule has 3 nitrogen and oxygen atoms in total. The predicted octanol–water partition coefficient (Wildman–Crippen LogP) is 5.45. The Morgan fingerprint density at radius 3 is 2.62 bits per heavy atom. The molecule has 2 unspecified atom stereocenters. The number of rotatable bonds is 5. The fraction of sp³-hybridized carbons (Fsp3) is 0.450. The summed E-state index contributed by atoms with van der Waals surface area (Å²) in [6.07, 6.45) is -0.250. The Kier molecular flexibility index (Phi) is 4.86. The lowest BCUT2D eigenvalue weighted by Crippen LogP contribution is -2.17. The maximum absolute atomic E-state index is 13.2. The summed E-state index contributed by atoms with van der Waals surface area (Å²) < 4.78 is 40.7. The molecule has 1 aromatic heterocycles. The van der Waals surface area contributed by atoms with Gasteiger partial charge in [-0.05, 0) is 42.2 Å². The van der Waals surface area contributed by atoms with Gasteiger partial charge in [0.15, 0.2) is 0 Å². The smallest absolute Gasteiger partial charge is 0.356 e. The van der Waals surface area contributed by atoms with Crippen molar-refractivity contribution < 1.29 is 18.0 Å². The number of halogens is 3. The van der Waals surface area contributed by atoms with Gasteiger partial charge in [-0.15, -0.1) is 0 Å². The molecule has 140 valence electrons. The Morgan fingerprint density at radius 1 is 1.27 bits per heavy atom. The Balaban J connectivity index is 1.82. The minimum atomic E-state index is -4.56. The number of para-hydroxylation sites is 1. The van der Waals surface area contributed by atoms with Gasteiger partial charge in [0.05, 0.1) is 11.1 Å². The van der Waals surface area contributed by atoms with E-state index in [0.717, 1.165) is 24.6 Å². The van der Waals surface area contributed by atoms with Crippen LogP contribution in [0.4, 0.5) is 18.9 Å². The highest BCUT2D eigenvalue weighted by atomic mass is 19.4. The Hall–Kier alpha value is -2.24. The van der Waals surface area contributed by atoms with Gasteiger partial charge in [-0.25, -0.2) is 0 Å². The second kappa shape index (κ2) is 6.82. The Labute approximate surface area is 151 Å². The number of aromatic nitrogens is 1. The molecular weight excluding hydrogens is 341 g/mol. The zero-order chi connectivity index (χ0) is 19.1. The van der Waals surface area contributed by atoms with Crippen LogP contribution in [0, 0.1) is 11.8 Å². The standard InChI is InChI=1S/C20H23F3N2O/c1-12(2)8-13-9-15(13)14-6-4-5-7-18(14)24-19(26)16-10-25(3)11-17(16)20(21,22)23/h4-7,10-13,15H,8-9H2,1-3H3,(H,24,26). The summed E-state index contributed by atoms with van der Waals surface area (Å²) in [5.41, 5.74) is 0.338. The van der Waals surface area contributed by atoms with Gasteiger partial charge in [0, 0.05) is 25.1 Å². The van der Waals surface area contributed by atoms with E-state index in [1.807, 2.05) is 12.1 Å². The van der Waals surface area contributed by atoms with Crippen LogP contribution in [0.2, 0.25) is 0 Å². The van der Waals surface area contributed by atoms with Crippen LogP contribution in [0.15, 0.2) is 36.7 Å². The first-order valence-electron chi connectivity index (χ1n) is 8.80. The van der Waals surface area contributed by atoms with Gasteiger partial charge in [0.25, 0.3) is 5.91 Å². The first-order valence-corrected chi connectivity index (χ1v) is 8.80. The van der Waals surface area contributed by atoms with Crippen molar-refractivity contribution >= 4 is 11.6 Å². The van der Waals surface area contributed by atoms with E-state index in [2.05, 4.69) is 19.2 Å². The molecule has 3 rings (SSSR count). The zero-order valence-electron chi connectivity index (χ0n) is 15.1. The number of hydrogen-bond acceptors (Lipinski definition) is 1. The van der Waals surface area contributed by atoms with Gasteiger partial charge < -0.3 is 9.88 Å². The molecule has 1 aliphatic rings. The number of aryl methyl sites for hydroxylation is 1. The van der Waals surface area contributed by atoms with E-state index in [9.17, 15) is 18.0 Å². The van der Waals surface area contributed by atoms with Gasteiger partial charge in [-0.1, -0.05) is 32.0 Å². The summed E-state index contributed by atoms with van der Waals surface area (Å²) in [6.45, 7) is 4.36. The maximum atomic E-state index is 13.2. The minimum Gasteiger partial charge on any atom is -0.356 e. The molecular formula is C20H23F3N2O. The number of nitrogens with one attached hydrogen (secondary N) is 1. The van der Waals surface area contributed by atoms with E-state index in [4.69, 9.17) is 0 Å². The second-order valence-corrected chi connectivity index (χ2v) is 7.52. The molecule has 1 N–H and O–H groups in total. The van der Waals surface area contributed by atoms with Crippen molar-refractivity contribution in [3.05, 3.63) is 53.3 Å². The van der Waals surface area contributed by atoms with E-state index in [1.165, 1.54) is 17.8 Å². The van der Waals surface area contributed by atoms with Crippen molar-refractivity contribution in [1.82, 2.24) is 4.57 Å². The average Bonchev–Trinajstić information content (AvgIpc) is 3.15. The minimum absolute atomic E-state index is 0.357. The molecule has 2 aromatic rings. The second-order valence-electron chi connectivity index (χ2n) is 7.52. The molecule has 0 bridgehead atoms. The third-order valence-electron chi connectivity index (χ3n) is 4.81. The molecule has 6 heteroatoms. The lowest BCUT2D eigenvalue weighted by atomic mass is 10.0. The number of carbonyl (C=O) groups excluding carboxylic acids is 1. The zero-order valence-corrected chi connectivity index (χ0v) is 15.1. The number of anilines is 1. The molecule has 1 amide bonds. The van der Waals surface area contributed by atoms with Crippen LogP contribution in [-0.4, -0.2) is 10.5 Å². The highest BCUT2D eigenvalue weighted by molar-refractivity contribution is 6.05. The molecule has 1 fully saturated rings. The third kappa shape index (κ3) is 3.94. The highest BCUT2D eigenvalue weighted by Crippen LogP contribution is 2.52. The van der Waals surface area contributed by atoms with Gasteiger partial charge in [0.1, 0.15) is 0 Å². The van der Waals surface area contributed by atoms with Gasteiger partial charge in [-0.3, -0.25) is 4.79 Å². The summed E-state index contributed by atoms with van der Waals surface area (Å²) in [5.74, 6) is 0.819. The molecule has 0 spiro atoms. The fourth-order valence-electron chi connectivity index (χ4n) is 3.61. The predicted molar refractivity (Wildman–Crippen MR) is 95.1 cm³/mol. The largest absolute Gasteiger partial charge is 0.418 e. The maximum Gasteiger partial charge on any atom is 0.418 e. The van der Waals surface area contributed by atoms with Crippen molar-refractivity contribution in [1.29, 1.82) is 0 Å². The highest BCUT2D eigenvalue weighted by Gasteiger charge is 2.40. The van der Waals surface area contributed by atoms with Gasteiger partial charge in [-0.2, -0.15) is 13.2 Å². The van der Waals surface area contributed by atoms with Crippen molar-refractivity contribution in [2.24, 2.45) is 18.9 Å². The molecule has 2 atom stereocenters. The number of amides is 1. The molecule has 1 heterocycles. The summed E-state index contributed by atoms with van der Waals surface area (Å²) in [4.78, 5) is 12.5. The molecule has 0 aliphatic heterocycles. The topological polar surface area (TPSA) is 34.0 Å². The van der Waals surface area contributed by atoms with Crippen LogP contribution in [0.25, 0.3) is 0 Å². The number of nitrogens with zero attached hydrogens (tertiary/aromatic N) is 1. The molecule has 1 aliphatic carbocycles. The van der Waals surface area contributed by atoms with Crippen molar-refractivity contribution in [2.45, 2.75) is 38.8 Å². The normalized spacial score (nSPS) is 19.7. The number of carbonyl (C=O) groups is 1. The number of hydrogen-bond donors (Lipinski definition) is 1. The monoisotopic (exact) mass is 364 g/mol. The molecule has 1 saturated carbocycles. The summed E-state index contributed by atoms with van der Waals surface area (Å²) >= 11 is 0. The van der Waals surface area contributed by atoms with Crippen molar-refractivity contribution in [2.75, 3.05) is 5.32 Å². The van der Waals surface area contributed by atoms with E-state index in [-0.39, 0.29) is 5.56 Å². The molecule has 0 radical (unpaired) electrons. The quantitative estimate of drug-likeness (QED) is 0.752. The number of benzene rings is 1. The molecule has 26 heavy (non-hydrogen) atoms. The first-order chi connectivity index (χ1) is 12.2. The van der Waals surface area contributed by atoms with Crippen LogP contribution in [0.5, 0.6) is 0 Å². The SMILES string of the molecule is CC(C)CC1CC1c1ccccc1NC(=O)c1cn(C)cc1C(F)(F)F. The van der Waals surface area contributed by atoms with Crippen LogP contribution in [0.1, 0.15) is 54.1 Å². The third-order valence-corrected chi connectivity index (χ3v) is 4.81. The van der Waals surface area contributed by atoms with E-state index >= 15 is 0 Å². The number of alkyl halides is 3. The van der Waals surface area contributed by atoms with Gasteiger partial charge in [0.2, 0.25) is 0 Å². The molecule has 0 saturated heterocycles. The Bertz CT molecular complexity index is 808. The lowest BCUT2D eigenvalue weighted by Gasteiger charge is -2.13. The Morgan fingerprint density at radius 2 is 1.96 bits per heavy atom. The van der Waals surface area contributed by atoms with Crippen LogP contribution in [0.3, 0.4) is 0 Å². The van der Waals surface area contributed by atoms with Gasteiger partial charge >= 0.3 is 6.18 Å². The van der Waals surface area contributed by atoms with Crippen LogP contribution in [-0.2, 0) is 13.2 Å². The van der Waals surface area contributed by atoms with Crippen LogP contribution >= 0.6 is 0 Å². The fourth-order valence-corrected chi connectivity index (χ4v) is 3.61. The average molecular weight is 364 g/mol.